The molecule has 0 radical (unpaired) electrons. The molecule has 0 aliphatic rings. The van der Waals surface area contributed by atoms with Gasteiger partial charge in [-0.05, 0) is 36.8 Å². The Labute approximate surface area is 168 Å². The van der Waals surface area contributed by atoms with Crippen molar-refractivity contribution in [3.8, 4) is 22.8 Å². The number of nitrogens with one attached hydrogen (secondary N) is 1. The van der Waals surface area contributed by atoms with Crippen LogP contribution in [0, 0.1) is 6.92 Å². The number of anilines is 1. The summed E-state index contributed by atoms with van der Waals surface area (Å²) in [6, 6.07) is 18.8. The quantitative estimate of drug-likeness (QED) is 0.544. The highest BCUT2D eigenvalue weighted by Crippen LogP contribution is 2.30. The number of nitrogens with zero attached hydrogens (tertiary/aromatic N) is 2. The van der Waals surface area contributed by atoms with Crippen molar-refractivity contribution in [2.75, 3.05) is 19.5 Å². The van der Waals surface area contributed by atoms with Gasteiger partial charge in [-0.2, -0.15) is 0 Å². The Morgan fingerprint density at radius 1 is 0.966 bits per heavy atom. The second kappa shape index (κ2) is 7.67. The highest BCUT2D eigenvalue weighted by Gasteiger charge is 2.18. The van der Waals surface area contributed by atoms with Gasteiger partial charge in [-0.15, -0.1) is 0 Å². The van der Waals surface area contributed by atoms with E-state index in [0.717, 1.165) is 16.8 Å². The molecule has 2 heterocycles. The SMILES string of the molecule is COc1cc(OC)cc(C(=O)Nc2c(-c3ccccc3)nc3cc(C)ccn23)c1. The number of ether oxygens (including phenoxy) is 2. The molecule has 0 aliphatic heterocycles. The minimum atomic E-state index is -0.276. The molecule has 29 heavy (non-hydrogen) atoms. The van der Waals surface area contributed by atoms with Crippen LogP contribution in [0.4, 0.5) is 5.82 Å². The fourth-order valence-electron chi connectivity index (χ4n) is 3.18. The van der Waals surface area contributed by atoms with E-state index in [1.165, 1.54) is 0 Å². The number of hydrogen-bond acceptors (Lipinski definition) is 4. The standard InChI is InChI=1S/C23H21N3O3/c1-15-9-10-26-20(11-15)24-21(16-7-5-4-6-8-16)22(26)25-23(27)17-12-18(28-2)14-19(13-17)29-3/h4-14H,1-3H3,(H,25,27). The van der Waals surface area contributed by atoms with E-state index < -0.39 is 0 Å². The Morgan fingerprint density at radius 3 is 2.31 bits per heavy atom. The number of aryl methyl sites for hydroxylation is 1. The summed E-state index contributed by atoms with van der Waals surface area (Å²) in [6.07, 6.45) is 1.91. The number of rotatable bonds is 5. The van der Waals surface area contributed by atoms with Gasteiger partial charge in [0, 0.05) is 23.4 Å². The van der Waals surface area contributed by atoms with Crippen LogP contribution in [0.5, 0.6) is 11.5 Å². The van der Waals surface area contributed by atoms with Crippen LogP contribution in [0.3, 0.4) is 0 Å². The molecule has 1 N–H and O–H groups in total. The molecule has 4 rings (SSSR count). The first-order valence-electron chi connectivity index (χ1n) is 9.17. The van der Waals surface area contributed by atoms with Gasteiger partial charge in [0.25, 0.3) is 5.91 Å². The molecule has 0 saturated heterocycles. The van der Waals surface area contributed by atoms with Crippen LogP contribution in [0.15, 0.2) is 66.9 Å². The molecule has 0 spiro atoms. The molecule has 0 saturated carbocycles. The van der Waals surface area contributed by atoms with Crippen molar-refractivity contribution >= 4 is 17.4 Å². The smallest absolute Gasteiger partial charge is 0.257 e. The summed E-state index contributed by atoms with van der Waals surface area (Å²) in [5.74, 6) is 1.43. The third-order valence-corrected chi connectivity index (χ3v) is 4.67. The summed E-state index contributed by atoms with van der Waals surface area (Å²) >= 11 is 0. The van der Waals surface area contributed by atoms with Crippen LogP contribution >= 0.6 is 0 Å². The number of amides is 1. The first kappa shape index (κ1) is 18.6. The third kappa shape index (κ3) is 3.65. The summed E-state index contributed by atoms with van der Waals surface area (Å²) in [5.41, 5.74) is 3.92. The average molecular weight is 387 g/mol. The van der Waals surface area contributed by atoms with Crippen LogP contribution < -0.4 is 14.8 Å². The Morgan fingerprint density at radius 2 is 1.66 bits per heavy atom. The third-order valence-electron chi connectivity index (χ3n) is 4.67. The fraction of sp³-hybridized carbons (Fsp3) is 0.130. The zero-order chi connectivity index (χ0) is 20.4. The molecule has 6 heteroatoms. The van der Waals surface area contributed by atoms with Gasteiger partial charge in [-0.25, -0.2) is 4.98 Å². The number of pyridine rings is 1. The number of benzene rings is 2. The van der Waals surface area contributed by atoms with Gasteiger partial charge in [0.05, 0.1) is 14.2 Å². The second-order valence-corrected chi connectivity index (χ2v) is 6.66. The number of aromatic nitrogens is 2. The molecule has 2 aromatic carbocycles. The van der Waals surface area contributed by atoms with Crippen LogP contribution in [0.25, 0.3) is 16.9 Å². The highest BCUT2D eigenvalue weighted by molar-refractivity contribution is 6.06. The molecule has 2 aromatic heterocycles. The molecule has 1 amide bonds. The second-order valence-electron chi connectivity index (χ2n) is 6.66. The summed E-state index contributed by atoms with van der Waals surface area (Å²) in [6.45, 7) is 2.01. The van der Waals surface area contributed by atoms with Crippen molar-refractivity contribution in [2.24, 2.45) is 0 Å². The lowest BCUT2D eigenvalue weighted by Gasteiger charge is -2.10. The topological polar surface area (TPSA) is 64.9 Å². The minimum Gasteiger partial charge on any atom is -0.497 e. The molecular formula is C23H21N3O3. The maximum absolute atomic E-state index is 13.1. The van der Waals surface area contributed by atoms with Crippen LogP contribution in [-0.2, 0) is 0 Å². The lowest BCUT2D eigenvalue weighted by Crippen LogP contribution is -2.14. The molecule has 0 unspecified atom stereocenters. The van der Waals surface area contributed by atoms with Gasteiger partial charge in [0.1, 0.15) is 28.7 Å². The Hall–Kier alpha value is -3.80. The van der Waals surface area contributed by atoms with E-state index in [9.17, 15) is 4.79 Å². The fourth-order valence-corrected chi connectivity index (χ4v) is 3.18. The first-order valence-corrected chi connectivity index (χ1v) is 9.17. The highest BCUT2D eigenvalue weighted by atomic mass is 16.5. The molecule has 0 atom stereocenters. The summed E-state index contributed by atoms with van der Waals surface area (Å²) < 4.78 is 12.4. The summed E-state index contributed by atoms with van der Waals surface area (Å²) in [7, 11) is 3.10. The van der Waals surface area contributed by atoms with Crippen molar-refractivity contribution in [3.63, 3.8) is 0 Å². The zero-order valence-corrected chi connectivity index (χ0v) is 16.5. The Balaban J connectivity index is 1.80. The van der Waals surface area contributed by atoms with Gasteiger partial charge in [-0.3, -0.25) is 9.20 Å². The maximum atomic E-state index is 13.1. The van der Waals surface area contributed by atoms with Crippen molar-refractivity contribution in [1.29, 1.82) is 0 Å². The normalized spacial score (nSPS) is 10.7. The van der Waals surface area contributed by atoms with E-state index in [2.05, 4.69) is 5.32 Å². The maximum Gasteiger partial charge on any atom is 0.257 e. The van der Waals surface area contributed by atoms with Crippen molar-refractivity contribution in [1.82, 2.24) is 9.38 Å². The van der Waals surface area contributed by atoms with Gasteiger partial charge >= 0.3 is 0 Å². The van der Waals surface area contributed by atoms with Gasteiger partial charge < -0.3 is 14.8 Å². The number of carbonyl (C=O) groups is 1. The molecule has 0 bridgehead atoms. The van der Waals surface area contributed by atoms with E-state index in [0.29, 0.717) is 28.6 Å². The molecule has 6 nitrogen and oxygen atoms in total. The predicted octanol–water partition coefficient (Wildman–Crippen LogP) is 4.58. The van der Waals surface area contributed by atoms with Gasteiger partial charge in [-0.1, -0.05) is 30.3 Å². The van der Waals surface area contributed by atoms with E-state index >= 15 is 0 Å². The van der Waals surface area contributed by atoms with Crippen LogP contribution in [-0.4, -0.2) is 29.5 Å². The summed E-state index contributed by atoms with van der Waals surface area (Å²) in [5, 5.41) is 3.02. The van der Waals surface area contributed by atoms with Gasteiger partial charge in [0.15, 0.2) is 0 Å². The van der Waals surface area contributed by atoms with E-state index in [-0.39, 0.29) is 5.91 Å². The summed E-state index contributed by atoms with van der Waals surface area (Å²) in [4.78, 5) is 17.8. The van der Waals surface area contributed by atoms with Crippen molar-refractivity contribution < 1.29 is 14.3 Å². The molecule has 4 aromatic rings. The lowest BCUT2D eigenvalue weighted by molar-refractivity contribution is 0.102. The zero-order valence-electron chi connectivity index (χ0n) is 16.5. The number of fused-ring (bicyclic) bond motifs is 1. The molecule has 0 fully saturated rings. The molecular weight excluding hydrogens is 366 g/mol. The van der Waals surface area contributed by atoms with Gasteiger partial charge in [0.2, 0.25) is 0 Å². The largest absolute Gasteiger partial charge is 0.497 e. The van der Waals surface area contributed by atoms with Crippen molar-refractivity contribution in [2.45, 2.75) is 6.92 Å². The van der Waals surface area contributed by atoms with Crippen LogP contribution in [0.1, 0.15) is 15.9 Å². The number of methoxy groups -OCH3 is 2. The average Bonchev–Trinajstić information content (AvgIpc) is 3.11. The monoisotopic (exact) mass is 387 g/mol. The van der Waals surface area contributed by atoms with E-state index in [4.69, 9.17) is 14.5 Å². The van der Waals surface area contributed by atoms with E-state index in [1.807, 2.05) is 60.0 Å². The van der Waals surface area contributed by atoms with E-state index in [1.54, 1.807) is 32.4 Å². The minimum absolute atomic E-state index is 0.276. The van der Waals surface area contributed by atoms with Crippen LogP contribution in [0.2, 0.25) is 0 Å². The predicted molar refractivity (Wildman–Crippen MR) is 113 cm³/mol. The molecule has 0 aliphatic carbocycles. The van der Waals surface area contributed by atoms with Crippen molar-refractivity contribution in [3.05, 3.63) is 78.0 Å². The Kier molecular flexibility index (Phi) is 4.91. The Bertz CT molecular complexity index is 1160. The number of imidazole rings is 1. The molecule has 146 valence electrons. The number of hydrogen-bond donors (Lipinski definition) is 1. The first-order chi connectivity index (χ1) is 14.1. The lowest BCUT2D eigenvalue weighted by atomic mass is 10.1. The number of carbonyl (C=O) groups excluding carboxylic acids is 1.